The number of aliphatic carboxylic acids is 2. The van der Waals surface area contributed by atoms with E-state index in [9.17, 15) is 24.3 Å². The van der Waals surface area contributed by atoms with Crippen LogP contribution in [0.4, 0.5) is 5.13 Å². The predicted octanol–water partition coefficient (Wildman–Crippen LogP) is 0.239. The molecule has 1 saturated heterocycles. The minimum atomic E-state index is -1.30. The third kappa shape index (κ3) is 5.38. The fraction of sp³-hybridized carbons (Fsp3) is 0.300. The average Bonchev–Trinajstić information content (AvgIpc) is 3.22. The minimum Gasteiger partial charge on any atom is -0.479 e. The lowest BCUT2D eigenvalue weighted by Crippen LogP contribution is -2.71. The first-order valence-electron chi connectivity index (χ1n) is 9.74. The quantitative estimate of drug-likeness (QED) is 0.165. The molecule has 2 aliphatic heterocycles. The maximum Gasteiger partial charge on any atom is 0.352 e. The highest BCUT2D eigenvalue weighted by Crippen LogP contribution is 2.40. The van der Waals surface area contributed by atoms with E-state index < -0.39 is 41.8 Å². The van der Waals surface area contributed by atoms with E-state index >= 15 is 0 Å². The van der Waals surface area contributed by atoms with E-state index in [2.05, 4.69) is 32.1 Å². The number of aromatic nitrogens is 1. The molecule has 0 bridgehead atoms. The number of nitrogens with one attached hydrogen (secondary N) is 1. The van der Waals surface area contributed by atoms with Gasteiger partial charge in [-0.2, -0.15) is 0 Å². The Morgan fingerprint density at radius 3 is 2.82 bits per heavy atom. The predicted molar refractivity (Wildman–Crippen MR) is 124 cm³/mol. The number of nitrogens with zero attached hydrogens (tertiary/aromatic N) is 3. The van der Waals surface area contributed by atoms with Crippen molar-refractivity contribution in [2.75, 3.05) is 18.1 Å². The summed E-state index contributed by atoms with van der Waals surface area (Å²) in [5.41, 5.74) is 5.53. The number of amides is 2. The third-order valence-corrected chi connectivity index (χ3v) is 6.43. The molecule has 14 heteroatoms. The summed E-state index contributed by atoms with van der Waals surface area (Å²) in [6, 6.07) is -1.03. The summed E-state index contributed by atoms with van der Waals surface area (Å²) < 4.78 is 0. The largest absolute Gasteiger partial charge is 0.479 e. The van der Waals surface area contributed by atoms with Crippen LogP contribution in [0.2, 0.25) is 0 Å². The number of carboxylic acids is 2. The Balaban J connectivity index is 1.79. The molecule has 2 aliphatic rings. The van der Waals surface area contributed by atoms with E-state index in [0.29, 0.717) is 12.0 Å². The Labute approximate surface area is 201 Å². The van der Waals surface area contributed by atoms with Crippen molar-refractivity contribution in [3.05, 3.63) is 34.5 Å². The summed E-state index contributed by atoms with van der Waals surface area (Å²) in [5.74, 6) is 1.88. The second-order valence-corrected chi connectivity index (χ2v) is 8.72. The summed E-state index contributed by atoms with van der Waals surface area (Å²) in [7, 11) is 0. The van der Waals surface area contributed by atoms with Crippen LogP contribution in [0, 0.1) is 11.8 Å². The number of carboxylic acid groups (broad SMARTS) is 2. The lowest BCUT2D eigenvalue weighted by Gasteiger charge is -2.49. The van der Waals surface area contributed by atoms with Gasteiger partial charge in [0.2, 0.25) is 6.61 Å². The molecule has 1 aromatic rings. The first-order valence-corrected chi connectivity index (χ1v) is 11.7. The lowest BCUT2D eigenvalue weighted by atomic mass is 10.0. The summed E-state index contributed by atoms with van der Waals surface area (Å²) in [5, 5.41) is 25.4. The molecule has 0 radical (unpaired) electrons. The molecule has 5 N–H and O–H groups in total. The molecule has 1 aromatic heterocycles. The van der Waals surface area contributed by atoms with Gasteiger partial charge in [-0.15, -0.1) is 23.1 Å². The van der Waals surface area contributed by atoms with Crippen molar-refractivity contribution >= 4 is 57.7 Å². The van der Waals surface area contributed by atoms with Crippen LogP contribution >= 0.6 is 23.1 Å². The summed E-state index contributed by atoms with van der Waals surface area (Å²) in [6.07, 6.45) is 3.75. The number of carbonyl (C=O) groups is 4. The summed E-state index contributed by atoms with van der Waals surface area (Å²) >= 11 is 2.31. The Morgan fingerprint density at radius 1 is 1.44 bits per heavy atom. The smallest absolute Gasteiger partial charge is 0.352 e. The second kappa shape index (κ2) is 10.9. The number of rotatable bonds is 8. The number of thioether (sulfide) groups is 1. The number of carbonyl (C=O) groups excluding carboxylic acids is 2. The number of oxime groups is 1. The molecule has 2 amide bonds. The van der Waals surface area contributed by atoms with E-state index in [1.807, 2.05) is 6.92 Å². The van der Waals surface area contributed by atoms with Gasteiger partial charge in [0.1, 0.15) is 22.8 Å². The standard InChI is InChI=1S/C20H19N5O7S2/c1-2-3-4-5-6-10-8-33-18-14(17(29)25(18)15(10)19(30)31)23-16(28)13(24-32-7-12(26)27)11-9-34-20(21)22-11/h5-6,9,14,18H,2,7-8H2,1H3,(H2,21,22)(H,23,28)(H,26,27)(H,30,31)/b6-5-,24-13-/t14-,18-/m1/s1. The van der Waals surface area contributed by atoms with E-state index in [0.717, 1.165) is 16.2 Å². The van der Waals surface area contributed by atoms with Crippen LogP contribution in [0.25, 0.3) is 0 Å². The van der Waals surface area contributed by atoms with E-state index in [1.54, 1.807) is 6.08 Å². The maximum absolute atomic E-state index is 12.9. The van der Waals surface area contributed by atoms with Crippen LogP contribution in [0.1, 0.15) is 19.0 Å². The van der Waals surface area contributed by atoms with Crippen molar-refractivity contribution < 1.29 is 34.2 Å². The number of fused-ring (bicyclic) bond motifs is 1. The SMILES string of the molecule is CCC#C/C=C\C1=C(C(=O)O)N2C(=O)[C@@H](NC(=O)/C(=N\OCC(=O)O)c3csc(N)n3)[C@H]2SC1. The van der Waals surface area contributed by atoms with Crippen molar-refractivity contribution in [3.63, 3.8) is 0 Å². The molecule has 12 nitrogen and oxygen atoms in total. The number of hydrogen-bond acceptors (Lipinski definition) is 10. The molecule has 0 aliphatic carbocycles. The second-order valence-electron chi connectivity index (χ2n) is 6.73. The Hall–Kier alpha value is -3.83. The minimum absolute atomic E-state index is 0.0389. The number of hydrogen-bond donors (Lipinski definition) is 4. The molecule has 2 atom stereocenters. The van der Waals surface area contributed by atoms with Crippen LogP contribution in [0.15, 0.2) is 34.0 Å². The Bertz CT molecular complexity index is 1180. The molecule has 3 heterocycles. The molecule has 0 unspecified atom stereocenters. The molecule has 0 aromatic carbocycles. The first kappa shape index (κ1) is 24.8. The fourth-order valence-corrected chi connectivity index (χ4v) is 4.90. The van der Waals surface area contributed by atoms with Gasteiger partial charge in [0.25, 0.3) is 11.8 Å². The van der Waals surface area contributed by atoms with Gasteiger partial charge in [-0.3, -0.25) is 14.5 Å². The summed E-state index contributed by atoms with van der Waals surface area (Å²) in [4.78, 5) is 57.9. The zero-order chi connectivity index (χ0) is 24.8. The van der Waals surface area contributed by atoms with Gasteiger partial charge in [0.05, 0.1) is 0 Å². The van der Waals surface area contributed by atoms with Crippen LogP contribution in [0.5, 0.6) is 0 Å². The molecular formula is C20H19N5O7S2. The Morgan fingerprint density at radius 2 is 2.21 bits per heavy atom. The van der Waals surface area contributed by atoms with Crippen molar-refractivity contribution in [1.82, 2.24) is 15.2 Å². The number of anilines is 1. The van der Waals surface area contributed by atoms with Crippen LogP contribution < -0.4 is 11.1 Å². The lowest BCUT2D eigenvalue weighted by molar-refractivity contribution is -0.150. The number of nitrogen functional groups attached to an aromatic ring is 1. The van der Waals surface area contributed by atoms with Gasteiger partial charge in [0.15, 0.2) is 10.8 Å². The number of allylic oxidation sites excluding steroid dienone is 2. The molecule has 0 saturated carbocycles. The topological polar surface area (TPSA) is 185 Å². The molecule has 1 fully saturated rings. The van der Waals surface area contributed by atoms with Crippen LogP contribution in [-0.4, -0.2) is 73.3 Å². The van der Waals surface area contributed by atoms with Crippen LogP contribution in [0.3, 0.4) is 0 Å². The number of nitrogens with two attached hydrogens (primary N) is 1. The van der Waals surface area contributed by atoms with Crippen molar-refractivity contribution in [1.29, 1.82) is 0 Å². The molecule has 0 spiro atoms. The van der Waals surface area contributed by atoms with E-state index in [1.165, 1.54) is 23.2 Å². The molecular weight excluding hydrogens is 486 g/mol. The van der Waals surface area contributed by atoms with Gasteiger partial charge in [-0.05, 0) is 17.7 Å². The van der Waals surface area contributed by atoms with Gasteiger partial charge >= 0.3 is 11.9 Å². The monoisotopic (exact) mass is 505 g/mol. The fourth-order valence-electron chi connectivity index (χ4n) is 3.04. The van der Waals surface area contributed by atoms with E-state index in [-0.39, 0.29) is 28.0 Å². The van der Waals surface area contributed by atoms with Crippen LogP contribution in [-0.2, 0) is 24.0 Å². The van der Waals surface area contributed by atoms with Gasteiger partial charge in [-0.25, -0.2) is 14.6 Å². The number of β-lactam (4-membered cyclic amide) rings is 1. The molecule has 3 rings (SSSR count). The highest BCUT2D eigenvalue weighted by atomic mass is 32.2. The van der Waals surface area contributed by atoms with Crippen molar-refractivity contribution in [3.8, 4) is 11.8 Å². The van der Waals surface area contributed by atoms with Crippen molar-refractivity contribution in [2.45, 2.75) is 24.8 Å². The highest BCUT2D eigenvalue weighted by molar-refractivity contribution is 8.00. The van der Waals surface area contributed by atoms with E-state index in [4.69, 9.17) is 10.8 Å². The average molecular weight is 506 g/mol. The number of thiazole rings is 1. The zero-order valence-electron chi connectivity index (χ0n) is 17.7. The zero-order valence-corrected chi connectivity index (χ0v) is 19.3. The molecule has 178 valence electrons. The van der Waals surface area contributed by atoms with Gasteiger partial charge < -0.3 is 26.1 Å². The third-order valence-electron chi connectivity index (χ3n) is 4.46. The summed E-state index contributed by atoms with van der Waals surface area (Å²) in [6.45, 7) is 1.09. The van der Waals surface area contributed by atoms with Gasteiger partial charge in [-0.1, -0.05) is 23.9 Å². The van der Waals surface area contributed by atoms with Gasteiger partial charge in [0, 0.05) is 17.6 Å². The van der Waals surface area contributed by atoms with Crippen molar-refractivity contribution in [2.24, 2.45) is 5.16 Å². The normalized spacial score (nSPS) is 19.7. The Kier molecular flexibility index (Phi) is 7.92. The highest BCUT2D eigenvalue weighted by Gasteiger charge is 2.54. The molecule has 34 heavy (non-hydrogen) atoms. The first-order chi connectivity index (χ1) is 16.2. The maximum atomic E-state index is 12.9.